The molecule has 0 spiro atoms. The molecule has 0 aromatic rings. The number of rotatable bonds is 0. The third-order valence-corrected chi connectivity index (χ3v) is 0. The van der Waals surface area contributed by atoms with E-state index in [0.717, 1.165) is 0 Å². The van der Waals surface area contributed by atoms with Crippen LogP contribution in [0.25, 0.3) is 0 Å². The zero-order valence-electron chi connectivity index (χ0n) is 5.22. The molecule has 0 saturated heterocycles. The molecule has 52 valence electrons. The SMILES string of the molecule is CCO.CCO.Cl.[Ti]. The summed E-state index contributed by atoms with van der Waals surface area (Å²) in [6.07, 6.45) is 0. The van der Waals surface area contributed by atoms with Crippen LogP contribution >= 0.6 is 12.4 Å². The first kappa shape index (κ1) is 23.1. The van der Waals surface area contributed by atoms with Crippen molar-refractivity contribution in [3.05, 3.63) is 0 Å². The predicted molar refractivity (Wildman–Crippen MR) is 32.8 cm³/mol. The van der Waals surface area contributed by atoms with Crippen LogP contribution < -0.4 is 0 Å². The maximum absolute atomic E-state index is 7.57. The Labute approximate surface area is 71.6 Å². The van der Waals surface area contributed by atoms with Crippen molar-refractivity contribution in [1.29, 1.82) is 0 Å². The molecule has 4 heteroatoms. The van der Waals surface area contributed by atoms with Crippen molar-refractivity contribution in [2.45, 2.75) is 13.8 Å². The molecule has 0 rings (SSSR count). The van der Waals surface area contributed by atoms with Gasteiger partial charge in [0.1, 0.15) is 0 Å². The van der Waals surface area contributed by atoms with Crippen LogP contribution in [-0.2, 0) is 21.7 Å². The standard InChI is InChI=1S/2C2H6O.ClH.Ti/c2*1-2-3;;/h2*3H,2H2,1H3;1H;. The van der Waals surface area contributed by atoms with Crippen molar-refractivity contribution in [3.8, 4) is 0 Å². The van der Waals surface area contributed by atoms with E-state index in [1.54, 1.807) is 13.8 Å². The third-order valence-electron chi connectivity index (χ3n) is 0. The van der Waals surface area contributed by atoms with Gasteiger partial charge in [0.15, 0.2) is 0 Å². The molecule has 0 aromatic heterocycles. The van der Waals surface area contributed by atoms with Gasteiger partial charge in [0.25, 0.3) is 0 Å². The largest absolute Gasteiger partial charge is 0.397 e. The van der Waals surface area contributed by atoms with Gasteiger partial charge in [0.05, 0.1) is 0 Å². The van der Waals surface area contributed by atoms with Gasteiger partial charge in [-0.15, -0.1) is 12.4 Å². The van der Waals surface area contributed by atoms with Crippen LogP contribution in [-0.4, -0.2) is 23.4 Å². The van der Waals surface area contributed by atoms with Crippen molar-refractivity contribution >= 4 is 12.4 Å². The van der Waals surface area contributed by atoms with E-state index in [4.69, 9.17) is 10.2 Å². The van der Waals surface area contributed by atoms with E-state index >= 15 is 0 Å². The van der Waals surface area contributed by atoms with E-state index in [2.05, 4.69) is 0 Å². The number of hydrogen-bond acceptors (Lipinski definition) is 2. The summed E-state index contributed by atoms with van der Waals surface area (Å²) in [6.45, 7) is 3.86. The van der Waals surface area contributed by atoms with Crippen molar-refractivity contribution < 1.29 is 31.9 Å². The van der Waals surface area contributed by atoms with Gasteiger partial charge >= 0.3 is 0 Å². The fourth-order valence-corrected chi connectivity index (χ4v) is 0. The average Bonchev–Trinajstić information content (AvgIpc) is 1.39. The maximum Gasteiger partial charge on any atom is 0.0402 e. The Morgan fingerprint density at radius 2 is 1.00 bits per heavy atom. The minimum absolute atomic E-state index is 0. The predicted octanol–water partition coefficient (Wildman–Crippen LogP) is 0.416. The summed E-state index contributed by atoms with van der Waals surface area (Å²) in [7, 11) is 0. The minimum atomic E-state index is 0. The molecular weight excluding hydrogens is 163 g/mol. The summed E-state index contributed by atoms with van der Waals surface area (Å²) in [5.41, 5.74) is 0. The first-order valence-electron chi connectivity index (χ1n) is 2.05. The Morgan fingerprint density at radius 1 is 1.00 bits per heavy atom. The minimum Gasteiger partial charge on any atom is -0.397 e. The molecule has 2 nitrogen and oxygen atoms in total. The molecule has 0 fully saturated rings. The Hall–Kier alpha value is 0.924. The van der Waals surface area contributed by atoms with E-state index in [9.17, 15) is 0 Å². The second kappa shape index (κ2) is 44.4. The van der Waals surface area contributed by atoms with Crippen LogP contribution in [0.2, 0.25) is 0 Å². The monoisotopic (exact) mass is 176 g/mol. The molecule has 0 heterocycles. The molecule has 0 radical (unpaired) electrons. The van der Waals surface area contributed by atoms with Crippen LogP contribution in [0.15, 0.2) is 0 Å². The van der Waals surface area contributed by atoms with E-state index in [-0.39, 0.29) is 47.3 Å². The fourth-order valence-electron chi connectivity index (χ4n) is 0. The number of aliphatic hydroxyl groups is 2. The number of halogens is 1. The number of aliphatic hydroxyl groups excluding tert-OH is 2. The Bertz CT molecular complexity index is 16.0. The van der Waals surface area contributed by atoms with E-state index in [1.165, 1.54) is 0 Å². The molecule has 2 N–H and O–H groups in total. The van der Waals surface area contributed by atoms with Gasteiger partial charge in [0, 0.05) is 34.9 Å². The first-order chi connectivity index (χ1) is 2.83. The molecule has 0 atom stereocenters. The summed E-state index contributed by atoms with van der Waals surface area (Å²) < 4.78 is 0. The topological polar surface area (TPSA) is 40.5 Å². The van der Waals surface area contributed by atoms with Crippen molar-refractivity contribution in [1.82, 2.24) is 0 Å². The van der Waals surface area contributed by atoms with Crippen LogP contribution in [0.4, 0.5) is 0 Å². The van der Waals surface area contributed by atoms with Crippen molar-refractivity contribution in [2.24, 2.45) is 0 Å². The van der Waals surface area contributed by atoms with Crippen LogP contribution in [0, 0.1) is 0 Å². The molecule has 0 aliphatic carbocycles. The van der Waals surface area contributed by atoms with Crippen LogP contribution in [0.3, 0.4) is 0 Å². The molecule has 0 unspecified atom stereocenters. The smallest absolute Gasteiger partial charge is 0.0402 e. The quantitative estimate of drug-likeness (QED) is 0.525. The second-order valence-electron chi connectivity index (χ2n) is 0.632. The Kier molecular flexibility index (Phi) is 128. The number of hydrogen-bond donors (Lipinski definition) is 2. The molecule has 0 amide bonds. The zero-order chi connectivity index (χ0) is 5.41. The van der Waals surface area contributed by atoms with Gasteiger partial charge in [-0.2, -0.15) is 0 Å². The Morgan fingerprint density at radius 3 is 1.00 bits per heavy atom. The summed E-state index contributed by atoms with van der Waals surface area (Å²) in [6, 6.07) is 0. The summed E-state index contributed by atoms with van der Waals surface area (Å²) in [5, 5.41) is 15.1. The average molecular weight is 176 g/mol. The van der Waals surface area contributed by atoms with Gasteiger partial charge in [-0.05, 0) is 13.8 Å². The van der Waals surface area contributed by atoms with Crippen molar-refractivity contribution in [2.75, 3.05) is 13.2 Å². The van der Waals surface area contributed by atoms with E-state index in [0.29, 0.717) is 0 Å². The molecular formula is C4H13ClO2Ti. The van der Waals surface area contributed by atoms with Crippen molar-refractivity contribution in [3.63, 3.8) is 0 Å². The first-order valence-corrected chi connectivity index (χ1v) is 2.05. The fraction of sp³-hybridized carbons (Fsp3) is 1.00. The molecule has 8 heavy (non-hydrogen) atoms. The van der Waals surface area contributed by atoms with E-state index < -0.39 is 0 Å². The van der Waals surface area contributed by atoms with Crippen LogP contribution in [0.1, 0.15) is 13.8 Å². The second-order valence-corrected chi connectivity index (χ2v) is 0.632. The summed E-state index contributed by atoms with van der Waals surface area (Å²) >= 11 is 0. The molecule has 0 aromatic carbocycles. The van der Waals surface area contributed by atoms with Gasteiger partial charge in [-0.25, -0.2) is 0 Å². The van der Waals surface area contributed by atoms with Gasteiger partial charge in [0.2, 0.25) is 0 Å². The molecule has 0 aliphatic heterocycles. The molecule has 0 aliphatic rings. The Balaban J connectivity index is -0.0000000160. The van der Waals surface area contributed by atoms with Gasteiger partial charge in [-0.3, -0.25) is 0 Å². The van der Waals surface area contributed by atoms with Crippen LogP contribution in [0.5, 0.6) is 0 Å². The van der Waals surface area contributed by atoms with Gasteiger partial charge in [-0.1, -0.05) is 0 Å². The summed E-state index contributed by atoms with van der Waals surface area (Å²) in [4.78, 5) is 0. The molecule has 0 saturated carbocycles. The normalized spacial score (nSPS) is 4.50. The third kappa shape index (κ3) is 284. The maximum atomic E-state index is 7.57. The van der Waals surface area contributed by atoms with E-state index in [1.807, 2.05) is 0 Å². The zero-order valence-corrected chi connectivity index (χ0v) is 7.59. The molecule has 0 bridgehead atoms. The summed E-state index contributed by atoms with van der Waals surface area (Å²) in [5.74, 6) is 0. The van der Waals surface area contributed by atoms with Gasteiger partial charge < -0.3 is 10.2 Å².